The van der Waals surface area contributed by atoms with Crippen molar-refractivity contribution in [2.45, 2.75) is 5.03 Å². The van der Waals surface area contributed by atoms with Gasteiger partial charge in [-0.15, -0.1) is 11.8 Å². The highest BCUT2D eigenvalue weighted by molar-refractivity contribution is 7.98. The minimum Gasteiger partial charge on any atom is -0.504 e. The van der Waals surface area contributed by atoms with Crippen LogP contribution in [-0.2, 0) is 0 Å². The number of aromatic nitrogens is 2. The molecule has 0 aliphatic rings. The van der Waals surface area contributed by atoms with E-state index in [0.717, 1.165) is 0 Å². The fourth-order valence-corrected chi connectivity index (χ4v) is 0.883. The van der Waals surface area contributed by atoms with Crippen molar-refractivity contribution >= 4 is 11.8 Å². The minimum atomic E-state index is 0.144. The van der Waals surface area contributed by atoms with E-state index in [1.54, 1.807) is 0 Å². The van der Waals surface area contributed by atoms with Crippen LogP contribution in [0.4, 0.5) is 0 Å². The van der Waals surface area contributed by atoms with E-state index in [2.05, 4.69) is 9.97 Å². The van der Waals surface area contributed by atoms with Crippen LogP contribution < -0.4 is 0 Å². The van der Waals surface area contributed by atoms with Crippen LogP contribution in [-0.4, -0.2) is 21.3 Å². The second kappa shape index (κ2) is 2.68. The number of aromatic hydroxyl groups is 1. The average molecular weight is 142 g/mol. The molecule has 0 saturated carbocycles. The predicted octanol–water partition coefficient (Wildman–Crippen LogP) is 0.904. The summed E-state index contributed by atoms with van der Waals surface area (Å²) in [6.07, 6.45) is 4.63. The molecule has 1 N–H and O–H groups in total. The summed E-state index contributed by atoms with van der Waals surface area (Å²) in [6, 6.07) is 0. The SMILES string of the molecule is CSc1ncncc1O. The molecule has 0 unspecified atom stereocenters. The monoisotopic (exact) mass is 142 g/mol. The van der Waals surface area contributed by atoms with E-state index in [4.69, 9.17) is 5.11 Å². The Labute approximate surface area is 57.2 Å². The fraction of sp³-hybridized carbons (Fsp3) is 0.200. The number of nitrogens with zero attached hydrogens (tertiary/aromatic N) is 2. The standard InChI is InChI=1S/C5H6N2OS/c1-9-5-4(8)2-6-3-7-5/h2-3,8H,1H3. The summed E-state index contributed by atoms with van der Waals surface area (Å²) in [4.78, 5) is 7.42. The van der Waals surface area contributed by atoms with Crippen molar-refractivity contribution in [2.75, 3.05) is 6.26 Å². The topological polar surface area (TPSA) is 46.0 Å². The molecular weight excluding hydrogens is 136 g/mol. The molecule has 1 aromatic heterocycles. The number of thioether (sulfide) groups is 1. The summed E-state index contributed by atoms with van der Waals surface area (Å²) in [7, 11) is 0. The first-order valence-corrected chi connectivity index (χ1v) is 3.60. The lowest BCUT2D eigenvalue weighted by molar-refractivity contribution is 0.453. The third-order valence-corrected chi connectivity index (χ3v) is 1.55. The normalized spacial score (nSPS) is 9.44. The molecule has 0 spiro atoms. The van der Waals surface area contributed by atoms with Gasteiger partial charge in [0.05, 0.1) is 6.20 Å². The van der Waals surface area contributed by atoms with Gasteiger partial charge in [-0.2, -0.15) is 0 Å². The lowest BCUT2D eigenvalue weighted by Gasteiger charge is -1.94. The lowest BCUT2D eigenvalue weighted by atomic mass is 10.6. The van der Waals surface area contributed by atoms with Crippen molar-refractivity contribution < 1.29 is 5.11 Å². The Kier molecular flexibility index (Phi) is 1.89. The molecule has 0 atom stereocenters. The number of rotatable bonds is 1. The predicted molar refractivity (Wildman–Crippen MR) is 35.5 cm³/mol. The van der Waals surface area contributed by atoms with Gasteiger partial charge in [-0.3, -0.25) is 0 Å². The van der Waals surface area contributed by atoms with Gasteiger partial charge in [-0.1, -0.05) is 0 Å². The first kappa shape index (κ1) is 6.35. The summed E-state index contributed by atoms with van der Waals surface area (Å²) >= 11 is 1.39. The Bertz CT molecular complexity index is 204. The van der Waals surface area contributed by atoms with E-state index >= 15 is 0 Å². The largest absolute Gasteiger partial charge is 0.504 e. The van der Waals surface area contributed by atoms with Crippen LogP contribution in [0.3, 0.4) is 0 Å². The van der Waals surface area contributed by atoms with Crippen LogP contribution in [0.25, 0.3) is 0 Å². The van der Waals surface area contributed by atoms with E-state index in [1.165, 1.54) is 24.3 Å². The molecule has 1 aromatic rings. The number of hydrogen-bond donors (Lipinski definition) is 1. The van der Waals surface area contributed by atoms with Crippen molar-refractivity contribution in [3.63, 3.8) is 0 Å². The quantitative estimate of drug-likeness (QED) is 0.467. The Balaban J connectivity index is 3.01. The number of hydrogen-bond acceptors (Lipinski definition) is 4. The molecule has 1 rings (SSSR count). The zero-order valence-electron chi connectivity index (χ0n) is 4.90. The van der Waals surface area contributed by atoms with Crippen LogP contribution in [0.2, 0.25) is 0 Å². The Morgan fingerprint density at radius 2 is 2.44 bits per heavy atom. The van der Waals surface area contributed by atoms with Crippen LogP contribution >= 0.6 is 11.8 Å². The Morgan fingerprint density at radius 1 is 1.67 bits per heavy atom. The molecule has 9 heavy (non-hydrogen) atoms. The van der Waals surface area contributed by atoms with E-state index < -0.39 is 0 Å². The zero-order valence-corrected chi connectivity index (χ0v) is 5.72. The third-order valence-electron chi connectivity index (χ3n) is 0.851. The summed E-state index contributed by atoms with van der Waals surface area (Å²) in [6.45, 7) is 0. The molecule has 3 nitrogen and oxygen atoms in total. The molecule has 0 radical (unpaired) electrons. The first-order valence-electron chi connectivity index (χ1n) is 2.37. The molecule has 0 aliphatic heterocycles. The van der Waals surface area contributed by atoms with Crippen LogP contribution in [0, 0.1) is 0 Å². The molecule has 4 heteroatoms. The van der Waals surface area contributed by atoms with Crippen molar-refractivity contribution in [3.8, 4) is 5.75 Å². The third kappa shape index (κ3) is 1.32. The van der Waals surface area contributed by atoms with Gasteiger partial charge in [-0.25, -0.2) is 9.97 Å². The molecule has 0 saturated heterocycles. The van der Waals surface area contributed by atoms with Gasteiger partial charge in [0, 0.05) is 0 Å². The molecule has 0 amide bonds. The molecule has 0 bridgehead atoms. The minimum absolute atomic E-state index is 0.144. The smallest absolute Gasteiger partial charge is 0.166 e. The van der Waals surface area contributed by atoms with Gasteiger partial charge in [0.25, 0.3) is 0 Å². The highest BCUT2D eigenvalue weighted by Crippen LogP contribution is 2.20. The van der Waals surface area contributed by atoms with E-state index in [0.29, 0.717) is 5.03 Å². The van der Waals surface area contributed by atoms with Crippen molar-refractivity contribution in [2.24, 2.45) is 0 Å². The Hall–Kier alpha value is -0.770. The Morgan fingerprint density at radius 3 is 2.89 bits per heavy atom. The van der Waals surface area contributed by atoms with Gasteiger partial charge in [-0.05, 0) is 6.26 Å². The van der Waals surface area contributed by atoms with Crippen LogP contribution in [0.15, 0.2) is 17.6 Å². The van der Waals surface area contributed by atoms with Crippen LogP contribution in [0.1, 0.15) is 0 Å². The van der Waals surface area contributed by atoms with E-state index in [-0.39, 0.29) is 5.75 Å². The highest BCUT2D eigenvalue weighted by Gasteiger charge is 1.96. The van der Waals surface area contributed by atoms with Gasteiger partial charge in [0.1, 0.15) is 11.4 Å². The van der Waals surface area contributed by atoms with Crippen LogP contribution in [0.5, 0.6) is 5.75 Å². The second-order valence-electron chi connectivity index (χ2n) is 1.42. The summed E-state index contributed by atoms with van der Waals surface area (Å²) < 4.78 is 0. The average Bonchev–Trinajstić information content (AvgIpc) is 1.89. The van der Waals surface area contributed by atoms with Gasteiger partial charge < -0.3 is 5.11 Å². The van der Waals surface area contributed by atoms with E-state index in [9.17, 15) is 0 Å². The van der Waals surface area contributed by atoms with Crippen molar-refractivity contribution in [1.82, 2.24) is 9.97 Å². The zero-order chi connectivity index (χ0) is 6.69. The van der Waals surface area contributed by atoms with E-state index in [1.807, 2.05) is 6.26 Å². The summed E-state index contributed by atoms with van der Waals surface area (Å²) in [5.74, 6) is 0.144. The first-order chi connectivity index (χ1) is 4.34. The molecule has 1 heterocycles. The fourth-order valence-electron chi connectivity index (χ4n) is 0.468. The lowest BCUT2D eigenvalue weighted by Crippen LogP contribution is -1.79. The van der Waals surface area contributed by atoms with Crippen molar-refractivity contribution in [3.05, 3.63) is 12.5 Å². The molecular formula is C5H6N2OS. The molecule has 0 fully saturated rings. The highest BCUT2D eigenvalue weighted by atomic mass is 32.2. The van der Waals surface area contributed by atoms with Crippen molar-refractivity contribution in [1.29, 1.82) is 0 Å². The maximum Gasteiger partial charge on any atom is 0.166 e. The molecule has 0 aromatic carbocycles. The summed E-state index contributed by atoms with van der Waals surface area (Å²) in [5.41, 5.74) is 0. The van der Waals surface area contributed by atoms with Gasteiger partial charge in [0.15, 0.2) is 5.75 Å². The molecule has 48 valence electrons. The maximum atomic E-state index is 8.96. The summed E-state index contributed by atoms with van der Waals surface area (Å²) in [5, 5.41) is 9.58. The maximum absolute atomic E-state index is 8.96. The van der Waals surface area contributed by atoms with Gasteiger partial charge >= 0.3 is 0 Å². The van der Waals surface area contributed by atoms with Gasteiger partial charge in [0.2, 0.25) is 0 Å². The molecule has 0 aliphatic carbocycles. The second-order valence-corrected chi connectivity index (χ2v) is 2.21.